The van der Waals surface area contributed by atoms with Gasteiger partial charge in [-0.3, -0.25) is 14.4 Å². The number of carbonyl (C=O) groups is 2. The Balaban J connectivity index is 2.48. The average Bonchev–Trinajstić information content (AvgIpc) is 2.52. The average molecular weight is 318 g/mol. The summed E-state index contributed by atoms with van der Waals surface area (Å²) >= 11 is 0. The topological polar surface area (TPSA) is 87.5 Å². The van der Waals surface area contributed by atoms with E-state index in [4.69, 9.17) is 9.47 Å². The number of benzene rings is 1. The highest BCUT2D eigenvalue weighted by atomic mass is 16.5. The standard InChI is InChI=1S/C16H18N2O5/c1-3-22-14(19)9-13-11-7-5-6-8-12(11)16(21)18(17-13)10-15(20)23-4-2/h5-8H,3-4,9-10H2,1-2H3. The maximum Gasteiger partial charge on any atom is 0.327 e. The van der Waals surface area contributed by atoms with Crippen LogP contribution in [0.3, 0.4) is 0 Å². The molecule has 0 spiro atoms. The normalized spacial score (nSPS) is 10.5. The van der Waals surface area contributed by atoms with E-state index < -0.39 is 17.5 Å². The van der Waals surface area contributed by atoms with Gasteiger partial charge in [0.15, 0.2) is 0 Å². The summed E-state index contributed by atoms with van der Waals surface area (Å²) in [6, 6.07) is 6.82. The third-order valence-electron chi connectivity index (χ3n) is 3.15. The van der Waals surface area contributed by atoms with Crippen molar-refractivity contribution < 1.29 is 19.1 Å². The Morgan fingerprint density at radius 3 is 2.30 bits per heavy atom. The van der Waals surface area contributed by atoms with Crippen LogP contribution in [-0.2, 0) is 32.0 Å². The Morgan fingerprint density at radius 2 is 1.65 bits per heavy atom. The van der Waals surface area contributed by atoms with Crippen molar-refractivity contribution in [1.82, 2.24) is 9.78 Å². The zero-order valence-electron chi connectivity index (χ0n) is 13.1. The number of hydrogen-bond acceptors (Lipinski definition) is 6. The van der Waals surface area contributed by atoms with Crippen LogP contribution < -0.4 is 5.56 Å². The number of nitrogens with zero attached hydrogens (tertiary/aromatic N) is 2. The highest BCUT2D eigenvalue weighted by Crippen LogP contribution is 2.14. The van der Waals surface area contributed by atoms with E-state index in [0.717, 1.165) is 4.68 Å². The SMILES string of the molecule is CCOC(=O)Cc1nn(CC(=O)OCC)c(=O)c2ccccc12. The van der Waals surface area contributed by atoms with E-state index in [9.17, 15) is 14.4 Å². The number of fused-ring (bicyclic) bond motifs is 1. The second-order valence-electron chi connectivity index (χ2n) is 4.74. The number of rotatable bonds is 6. The zero-order chi connectivity index (χ0) is 16.8. The van der Waals surface area contributed by atoms with Crippen LogP contribution in [0.25, 0.3) is 10.8 Å². The van der Waals surface area contributed by atoms with Crippen molar-refractivity contribution in [2.45, 2.75) is 26.8 Å². The van der Waals surface area contributed by atoms with Gasteiger partial charge in [0.05, 0.1) is 30.7 Å². The highest BCUT2D eigenvalue weighted by Gasteiger charge is 2.15. The third-order valence-corrected chi connectivity index (χ3v) is 3.15. The summed E-state index contributed by atoms with van der Waals surface area (Å²) in [7, 11) is 0. The first kappa shape index (κ1) is 16.7. The summed E-state index contributed by atoms with van der Waals surface area (Å²) in [5.74, 6) is -0.994. The Kier molecular flexibility index (Phi) is 5.46. The Labute approximate surface area is 132 Å². The lowest BCUT2D eigenvalue weighted by Gasteiger charge is -2.10. The minimum atomic E-state index is -0.556. The van der Waals surface area contributed by atoms with Gasteiger partial charge in [0.25, 0.3) is 5.56 Å². The van der Waals surface area contributed by atoms with Gasteiger partial charge in [0.1, 0.15) is 6.54 Å². The van der Waals surface area contributed by atoms with E-state index in [-0.39, 0.29) is 26.2 Å². The van der Waals surface area contributed by atoms with Gasteiger partial charge in [-0.05, 0) is 19.9 Å². The molecule has 122 valence electrons. The van der Waals surface area contributed by atoms with Crippen LogP contribution >= 0.6 is 0 Å². The Bertz CT molecular complexity index is 782. The second-order valence-corrected chi connectivity index (χ2v) is 4.74. The molecule has 0 aliphatic carbocycles. The molecule has 0 saturated carbocycles. The van der Waals surface area contributed by atoms with Crippen molar-refractivity contribution in [2.75, 3.05) is 13.2 Å². The fraction of sp³-hybridized carbons (Fsp3) is 0.375. The van der Waals surface area contributed by atoms with Gasteiger partial charge in [-0.25, -0.2) is 4.68 Å². The molecule has 7 nitrogen and oxygen atoms in total. The maximum atomic E-state index is 12.4. The van der Waals surface area contributed by atoms with E-state index in [0.29, 0.717) is 16.5 Å². The number of carbonyl (C=O) groups excluding carboxylic acids is 2. The van der Waals surface area contributed by atoms with Crippen molar-refractivity contribution in [3.8, 4) is 0 Å². The molecule has 1 aromatic heterocycles. The first-order chi connectivity index (χ1) is 11.1. The number of ether oxygens (including phenoxy) is 2. The molecule has 2 aromatic rings. The molecule has 0 saturated heterocycles. The molecule has 7 heteroatoms. The number of aromatic nitrogens is 2. The largest absolute Gasteiger partial charge is 0.466 e. The predicted molar refractivity (Wildman–Crippen MR) is 83.0 cm³/mol. The third kappa shape index (κ3) is 3.94. The van der Waals surface area contributed by atoms with E-state index in [2.05, 4.69) is 5.10 Å². The minimum absolute atomic E-state index is 0.0720. The molecule has 0 N–H and O–H groups in total. The van der Waals surface area contributed by atoms with Crippen LogP contribution in [0.1, 0.15) is 19.5 Å². The van der Waals surface area contributed by atoms with Crippen LogP contribution in [0.5, 0.6) is 0 Å². The number of esters is 2. The smallest absolute Gasteiger partial charge is 0.327 e. The highest BCUT2D eigenvalue weighted by molar-refractivity contribution is 5.87. The van der Waals surface area contributed by atoms with E-state index in [1.54, 1.807) is 38.1 Å². The van der Waals surface area contributed by atoms with E-state index in [1.165, 1.54) is 0 Å². The fourth-order valence-electron chi connectivity index (χ4n) is 2.22. The molecule has 0 fully saturated rings. The van der Waals surface area contributed by atoms with Gasteiger partial charge in [0.2, 0.25) is 0 Å². The molecular formula is C16H18N2O5. The van der Waals surface area contributed by atoms with Gasteiger partial charge in [-0.1, -0.05) is 18.2 Å². The Morgan fingerprint density at radius 1 is 1.04 bits per heavy atom. The van der Waals surface area contributed by atoms with Gasteiger partial charge in [-0.2, -0.15) is 5.10 Å². The fourth-order valence-corrected chi connectivity index (χ4v) is 2.22. The van der Waals surface area contributed by atoms with Crippen molar-refractivity contribution in [3.63, 3.8) is 0 Å². The molecule has 0 unspecified atom stereocenters. The summed E-state index contributed by atoms with van der Waals surface area (Å²) < 4.78 is 10.8. The quantitative estimate of drug-likeness (QED) is 0.740. The van der Waals surface area contributed by atoms with Crippen LogP contribution in [0.4, 0.5) is 0 Å². The summed E-state index contributed by atoms with van der Waals surface area (Å²) in [5, 5.41) is 5.12. The maximum absolute atomic E-state index is 12.4. The molecule has 1 heterocycles. The second kappa shape index (κ2) is 7.53. The monoisotopic (exact) mass is 318 g/mol. The molecule has 0 bridgehead atoms. The lowest BCUT2D eigenvalue weighted by Crippen LogP contribution is -2.29. The van der Waals surface area contributed by atoms with Crippen molar-refractivity contribution in [3.05, 3.63) is 40.3 Å². The van der Waals surface area contributed by atoms with Crippen molar-refractivity contribution >= 4 is 22.7 Å². The summed E-state index contributed by atoms with van der Waals surface area (Å²) in [4.78, 5) is 35.8. The van der Waals surface area contributed by atoms with Crippen molar-refractivity contribution in [1.29, 1.82) is 0 Å². The molecule has 1 aromatic carbocycles. The van der Waals surface area contributed by atoms with Gasteiger partial charge < -0.3 is 9.47 Å². The summed E-state index contributed by atoms with van der Waals surface area (Å²) in [5.41, 5.74) is -0.00999. The summed E-state index contributed by atoms with van der Waals surface area (Å²) in [6.45, 7) is 3.58. The molecular weight excluding hydrogens is 300 g/mol. The minimum Gasteiger partial charge on any atom is -0.466 e. The van der Waals surface area contributed by atoms with Crippen LogP contribution in [-0.4, -0.2) is 34.9 Å². The Hall–Kier alpha value is -2.70. The molecule has 23 heavy (non-hydrogen) atoms. The van der Waals surface area contributed by atoms with Crippen LogP contribution in [0, 0.1) is 0 Å². The van der Waals surface area contributed by atoms with Gasteiger partial charge in [-0.15, -0.1) is 0 Å². The van der Waals surface area contributed by atoms with E-state index >= 15 is 0 Å². The molecule has 2 rings (SSSR count). The molecule has 0 aliphatic rings. The zero-order valence-corrected chi connectivity index (χ0v) is 13.1. The lowest BCUT2D eigenvalue weighted by atomic mass is 10.1. The van der Waals surface area contributed by atoms with Crippen LogP contribution in [0.2, 0.25) is 0 Å². The van der Waals surface area contributed by atoms with Crippen molar-refractivity contribution in [2.24, 2.45) is 0 Å². The predicted octanol–water partition coefficient (Wildman–Crippen LogP) is 1.07. The first-order valence-corrected chi connectivity index (χ1v) is 7.36. The first-order valence-electron chi connectivity index (χ1n) is 7.36. The molecule has 0 radical (unpaired) electrons. The molecule has 0 aliphatic heterocycles. The lowest BCUT2D eigenvalue weighted by molar-refractivity contribution is -0.144. The van der Waals surface area contributed by atoms with E-state index in [1.807, 2.05) is 0 Å². The molecule has 0 amide bonds. The van der Waals surface area contributed by atoms with Gasteiger partial charge >= 0.3 is 11.9 Å². The molecule has 0 atom stereocenters. The van der Waals surface area contributed by atoms with Crippen LogP contribution in [0.15, 0.2) is 29.1 Å². The summed E-state index contributed by atoms with van der Waals surface area (Å²) in [6.07, 6.45) is -0.0720. The van der Waals surface area contributed by atoms with Gasteiger partial charge in [0, 0.05) is 5.39 Å². The number of hydrogen-bond donors (Lipinski definition) is 0.